The van der Waals surface area contributed by atoms with E-state index >= 15 is 0 Å². The molecule has 0 aromatic heterocycles. The van der Waals surface area contributed by atoms with Gasteiger partial charge in [-0.05, 0) is 63.3 Å². The third kappa shape index (κ3) is 7.87. The van der Waals surface area contributed by atoms with E-state index in [1.54, 1.807) is 0 Å². The Hall–Kier alpha value is -0.930. The molecule has 45 heavy (non-hydrogen) atoms. The first-order valence-electron chi connectivity index (χ1n) is 16.3. The molecule has 3 saturated carbocycles. The van der Waals surface area contributed by atoms with Crippen LogP contribution in [0.4, 0.5) is 0 Å². The normalized spacial score (nSPS) is 50.4. The zero-order valence-electron chi connectivity index (χ0n) is 25.7. The Kier molecular flexibility index (Phi) is 11.5. The van der Waals surface area contributed by atoms with Crippen molar-refractivity contribution in [3.63, 3.8) is 0 Å². The van der Waals surface area contributed by atoms with Crippen LogP contribution in [0.2, 0.25) is 0 Å². The molecule has 0 amide bonds. The Balaban J connectivity index is 1.27. The summed E-state index contributed by atoms with van der Waals surface area (Å²) in [7, 11) is 0. The highest BCUT2D eigenvalue weighted by Gasteiger charge is 2.53. The molecule has 2 aliphatic heterocycles. The number of Topliss-reactive ketones (excluding diaryl/α,β-unsaturated/α-hetero) is 1. The van der Waals surface area contributed by atoms with Crippen LogP contribution in [0.25, 0.3) is 0 Å². The van der Waals surface area contributed by atoms with Crippen molar-refractivity contribution in [2.24, 2.45) is 40.5 Å². The molecule has 13 atom stereocenters. The first kappa shape index (κ1) is 35.4. The number of carbonyl (C=O) groups is 1. The molecule has 0 spiro atoms. The van der Waals surface area contributed by atoms with Gasteiger partial charge in [0.1, 0.15) is 36.1 Å². The standard InChI is InChI=1S/C29H54N6O10/c30-14-3-12(4-14)9-35-10-16-1-2-17(32)27(42-16)45-26-18(33)5-13(6-20(37)29(41)7-15(31)8-29)25(24(26)40)44-28-23(39)21(34)22(38)19(11-36)43-28/h12-19,21-28,35-36,38-41H,1-11,30-34H2/t12?,13-,14?,15?,16-,17+,18-,19+,21-,22+,23+,24+,25-,26?,27+,28+,29?/m0/s1. The highest BCUT2D eigenvalue weighted by molar-refractivity contribution is 5.88. The van der Waals surface area contributed by atoms with E-state index in [9.17, 15) is 30.3 Å². The van der Waals surface area contributed by atoms with Crippen LogP contribution < -0.4 is 34.0 Å². The Labute approximate surface area is 263 Å². The number of ketones is 1. The summed E-state index contributed by atoms with van der Waals surface area (Å²) in [6, 6.07) is -2.46. The summed E-state index contributed by atoms with van der Waals surface area (Å²) in [5.74, 6) is -0.611. The summed E-state index contributed by atoms with van der Waals surface area (Å²) >= 11 is 0. The number of nitrogens with two attached hydrogens (primary N) is 5. The molecule has 16 heteroatoms. The van der Waals surface area contributed by atoms with Gasteiger partial charge in [-0.25, -0.2) is 0 Å². The minimum atomic E-state index is -1.57. The lowest BCUT2D eigenvalue weighted by Gasteiger charge is -2.49. The van der Waals surface area contributed by atoms with Gasteiger partial charge in [0.05, 0.1) is 30.9 Å². The smallest absolute Gasteiger partial charge is 0.186 e. The van der Waals surface area contributed by atoms with E-state index in [4.69, 9.17) is 47.6 Å². The van der Waals surface area contributed by atoms with Crippen molar-refractivity contribution in [1.82, 2.24) is 5.32 Å². The number of rotatable bonds is 12. The van der Waals surface area contributed by atoms with E-state index in [-0.39, 0.29) is 43.9 Å². The number of ether oxygens (including phenoxy) is 4. The number of carbonyl (C=O) groups excluding carboxylic acids is 1. The molecule has 16 nitrogen and oxygen atoms in total. The number of aliphatic hydroxyl groups excluding tert-OH is 4. The number of nitrogens with one attached hydrogen (secondary N) is 1. The minimum Gasteiger partial charge on any atom is -0.394 e. The number of hydrogen-bond donors (Lipinski definition) is 11. The maximum Gasteiger partial charge on any atom is 0.186 e. The van der Waals surface area contributed by atoms with Crippen LogP contribution in [0, 0.1) is 11.8 Å². The highest BCUT2D eigenvalue weighted by Crippen LogP contribution is 2.39. The van der Waals surface area contributed by atoms with Crippen molar-refractivity contribution < 1.29 is 49.3 Å². The fourth-order valence-electron chi connectivity index (χ4n) is 7.47. The van der Waals surface area contributed by atoms with Crippen molar-refractivity contribution in [2.45, 2.75) is 142 Å². The average molecular weight is 647 g/mol. The summed E-state index contributed by atoms with van der Waals surface area (Å²) in [6.45, 7) is 0.862. The first-order valence-corrected chi connectivity index (χ1v) is 16.3. The van der Waals surface area contributed by atoms with Crippen LogP contribution in [0.15, 0.2) is 0 Å². The molecule has 1 unspecified atom stereocenters. The maximum absolute atomic E-state index is 13.2. The molecule has 2 saturated heterocycles. The molecule has 0 aromatic rings. The summed E-state index contributed by atoms with van der Waals surface area (Å²) in [6.07, 6.45) is -6.59. The van der Waals surface area contributed by atoms with Crippen LogP contribution in [-0.2, 0) is 23.7 Å². The summed E-state index contributed by atoms with van der Waals surface area (Å²) in [5, 5.41) is 56.6. The zero-order chi connectivity index (χ0) is 32.6. The summed E-state index contributed by atoms with van der Waals surface area (Å²) in [4.78, 5) is 13.2. The van der Waals surface area contributed by atoms with Crippen molar-refractivity contribution in [1.29, 1.82) is 0 Å². The second kappa shape index (κ2) is 14.7. The maximum atomic E-state index is 13.2. The van der Waals surface area contributed by atoms with Gasteiger partial charge in [0.15, 0.2) is 18.4 Å². The average Bonchev–Trinajstić information content (AvgIpc) is 2.96. The summed E-state index contributed by atoms with van der Waals surface area (Å²) < 4.78 is 24.2. The largest absolute Gasteiger partial charge is 0.394 e. The van der Waals surface area contributed by atoms with Crippen molar-refractivity contribution in [2.75, 3.05) is 19.7 Å². The van der Waals surface area contributed by atoms with Crippen molar-refractivity contribution >= 4 is 5.78 Å². The van der Waals surface area contributed by atoms with E-state index in [0.717, 1.165) is 25.8 Å². The van der Waals surface area contributed by atoms with Gasteiger partial charge in [-0.2, -0.15) is 0 Å². The molecular weight excluding hydrogens is 592 g/mol. The number of aliphatic hydroxyl groups is 5. The molecule has 5 aliphatic rings. The van der Waals surface area contributed by atoms with E-state index in [1.807, 2.05) is 0 Å². The van der Waals surface area contributed by atoms with Crippen LogP contribution in [0.5, 0.6) is 0 Å². The van der Waals surface area contributed by atoms with Gasteiger partial charge >= 0.3 is 0 Å². The highest BCUT2D eigenvalue weighted by atomic mass is 16.7. The first-order chi connectivity index (χ1) is 21.3. The third-order valence-electron chi connectivity index (χ3n) is 10.4. The summed E-state index contributed by atoms with van der Waals surface area (Å²) in [5.41, 5.74) is 29.0. The molecule has 0 radical (unpaired) electrons. The Morgan fingerprint density at radius 2 is 1.51 bits per heavy atom. The predicted octanol–water partition coefficient (Wildman–Crippen LogP) is -4.80. The molecule has 5 rings (SSSR count). The van der Waals surface area contributed by atoms with Gasteiger partial charge in [0, 0.05) is 31.1 Å². The Morgan fingerprint density at radius 3 is 2.16 bits per heavy atom. The molecule has 2 heterocycles. The van der Waals surface area contributed by atoms with E-state index in [2.05, 4.69) is 5.32 Å². The lowest BCUT2D eigenvalue weighted by Crippen LogP contribution is -2.66. The molecule has 0 bridgehead atoms. The van der Waals surface area contributed by atoms with E-state index < -0.39 is 91.2 Å². The molecule has 3 aliphatic carbocycles. The van der Waals surface area contributed by atoms with Crippen molar-refractivity contribution in [3.05, 3.63) is 0 Å². The van der Waals surface area contributed by atoms with Gasteiger partial charge in [-0.3, -0.25) is 4.79 Å². The fraction of sp³-hybridized carbons (Fsp3) is 0.966. The third-order valence-corrected chi connectivity index (χ3v) is 10.4. The predicted molar refractivity (Wildman–Crippen MR) is 159 cm³/mol. The SMILES string of the molecule is NC1CC(CNC[C@@H]2CC[C@@H](N)[C@@H](OC3[C@@H](N)C[C@@H](CC(=O)C4(O)CC(N)C4)[C@H](O[C@H]4O[C@H](CO)[C@@H](O)[C@H](N)[C@H]4O)[C@H]3O)O2)C1. The van der Waals surface area contributed by atoms with Crippen LogP contribution in [-0.4, -0.2) is 142 Å². The zero-order valence-corrected chi connectivity index (χ0v) is 25.7. The second-order valence-electron chi connectivity index (χ2n) is 14.1. The lowest BCUT2D eigenvalue weighted by molar-refractivity contribution is -0.318. The van der Waals surface area contributed by atoms with Gasteiger partial charge in [0.2, 0.25) is 0 Å². The van der Waals surface area contributed by atoms with Crippen molar-refractivity contribution in [3.8, 4) is 0 Å². The van der Waals surface area contributed by atoms with E-state index in [1.165, 1.54) is 0 Å². The van der Waals surface area contributed by atoms with Gasteiger partial charge < -0.3 is 78.5 Å². The lowest BCUT2D eigenvalue weighted by atomic mass is 9.69. The van der Waals surface area contributed by atoms with Crippen LogP contribution in [0.1, 0.15) is 51.4 Å². The molecular formula is C29H54N6O10. The molecule has 16 N–H and O–H groups in total. The van der Waals surface area contributed by atoms with Gasteiger partial charge in [-0.1, -0.05) is 0 Å². The fourth-order valence-corrected chi connectivity index (χ4v) is 7.47. The van der Waals surface area contributed by atoms with Crippen LogP contribution in [0.3, 0.4) is 0 Å². The quantitative estimate of drug-likeness (QED) is 0.0948. The molecule has 0 aromatic carbocycles. The Morgan fingerprint density at radius 1 is 0.822 bits per heavy atom. The monoisotopic (exact) mass is 646 g/mol. The van der Waals surface area contributed by atoms with Gasteiger partial charge in [0.25, 0.3) is 0 Å². The van der Waals surface area contributed by atoms with Gasteiger partial charge in [-0.15, -0.1) is 0 Å². The Bertz CT molecular complexity index is 987. The topological polar surface area (TPSA) is 297 Å². The second-order valence-corrected chi connectivity index (χ2v) is 14.1. The molecule has 5 fully saturated rings. The minimum absolute atomic E-state index is 0.126. The number of hydrogen-bond acceptors (Lipinski definition) is 16. The van der Waals surface area contributed by atoms with E-state index in [0.29, 0.717) is 18.9 Å². The molecule has 260 valence electrons. The van der Waals surface area contributed by atoms with Crippen LogP contribution >= 0.6 is 0 Å².